The van der Waals surface area contributed by atoms with Crippen molar-refractivity contribution >= 4 is 37.1 Å². The smallest absolute Gasteiger partial charge is 0.217 e. The molecule has 2 N–H and O–H groups in total. The van der Waals surface area contributed by atoms with Gasteiger partial charge in [0, 0.05) is 19.5 Å². The monoisotopic (exact) mass is 328 g/mol. The molecule has 0 aromatic heterocycles. The summed E-state index contributed by atoms with van der Waals surface area (Å²) < 4.78 is 48.8. The molecular formula is C10H20N2O4S3. The van der Waals surface area contributed by atoms with E-state index in [1.54, 1.807) is 6.92 Å². The quantitative estimate of drug-likeness (QED) is 0.683. The number of nitrogens with zero attached hydrogens (tertiary/aromatic N) is 1. The summed E-state index contributed by atoms with van der Waals surface area (Å²) in [4.78, 5) is 0.278. The third-order valence-electron chi connectivity index (χ3n) is 3.24. The molecule has 1 saturated heterocycles. The molecule has 0 amide bonds. The number of hydrogen-bond donors (Lipinski definition) is 1. The van der Waals surface area contributed by atoms with Crippen LogP contribution in [-0.2, 0) is 19.9 Å². The molecule has 0 atom stereocenters. The summed E-state index contributed by atoms with van der Waals surface area (Å²) >= 11 is 4.75. The molecule has 1 fully saturated rings. The molecule has 0 bridgehead atoms. The second-order valence-corrected chi connectivity index (χ2v) is 9.65. The van der Waals surface area contributed by atoms with E-state index < -0.39 is 25.1 Å². The zero-order chi connectivity index (χ0) is 14.7. The van der Waals surface area contributed by atoms with Crippen LogP contribution in [0.3, 0.4) is 0 Å². The van der Waals surface area contributed by atoms with E-state index in [4.69, 9.17) is 18.0 Å². The lowest BCUT2D eigenvalue weighted by molar-refractivity contribution is 0.423. The van der Waals surface area contributed by atoms with E-state index in [1.165, 1.54) is 4.31 Å². The maximum Gasteiger partial charge on any atom is 0.217 e. The molecule has 1 heterocycles. The van der Waals surface area contributed by atoms with Crippen molar-refractivity contribution in [2.24, 2.45) is 5.73 Å². The summed E-state index contributed by atoms with van der Waals surface area (Å²) in [7, 11) is -6.52. The van der Waals surface area contributed by atoms with E-state index in [2.05, 4.69) is 0 Å². The predicted octanol–water partition coefficient (Wildman–Crippen LogP) is -0.108. The molecule has 0 aliphatic carbocycles. The summed E-state index contributed by atoms with van der Waals surface area (Å²) in [6.07, 6.45) is 0.690. The van der Waals surface area contributed by atoms with Crippen molar-refractivity contribution in [3.63, 3.8) is 0 Å². The highest BCUT2D eigenvalue weighted by molar-refractivity contribution is 7.92. The Morgan fingerprint density at radius 2 is 1.89 bits per heavy atom. The maximum atomic E-state index is 12.4. The number of hydrogen-bond acceptors (Lipinski definition) is 5. The Labute approximate surface area is 120 Å². The van der Waals surface area contributed by atoms with Gasteiger partial charge in [-0.25, -0.2) is 21.1 Å². The number of thiocarbonyl (C=S) groups is 1. The Balaban J connectivity index is 2.75. The predicted molar refractivity (Wildman–Crippen MR) is 79.2 cm³/mol. The van der Waals surface area contributed by atoms with E-state index in [1.807, 2.05) is 0 Å². The average molecular weight is 328 g/mol. The highest BCUT2D eigenvalue weighted by atomic mass is 32.2. The van der Waals surface area contributed by atoms with Crippen molar-refractivity contribution in [1.29, 1.82) is 0 Å². The molecule has 6 nitrogen and oxygen atoms in total. The van der Waals surface area contributed by atoms with E-state index >= 15 is 0 Å². The minimum Gasteiger partial charge on any atom is -0.393 e. The Kier molecular flexibility index (Phi) is 5.72. The lowest BCUT2D eigenvalue weighted by atomic mass is 10.2. The van der Waals surface area contributed by atoms with Crippen LogP contribution in [0.1, 0.15) is 26.2 Å². The van der Waals surface area contributed by atoms with Crippen molar-refractivity contribution in [3.8, 4) is 0 Å². The first-order chi connectivity index (χ1) is 8.69. The minimum atomic E-state index is -3.47. The first-order valence-corrected chi connectivity index (χ1v) is 9.90. The van der Waals surface area contributed by atoms with Crippen molar-refractivity contribution in [2.45, 2.75) is 31.4 Å². The van der Waals surface area contributed by atoms with Gasteiger partial charge in [-0.05, 0) is 12.8 Å². The zero-order valence-electron chi connectivity index (χ0n) is 10.9. The van der Waals surface area contributed by atoms with Crippen LogP contribution in [0.2, 0.25) is 0 Å². The highest BCUT2D eigenvalue weighted by Gasteiger charge is 2.35. The van der Waals surface area contributed by atoms with Gasteiger partial charge in [0.2, 0.25) is 10.0 Å². The number of sulfone groups is 1. The van der Waals surface area contributed by atoms with Crippen molar-refractivity contribution in [1.82, 2.24) is 4.31 Å². The van der Waals surface area contributed by atoms with Crippen molar-refractivity contribution in [2.75, 3.05) is 24.6 Å². The summed E-state index contributed by atoms with van der Waals surface area (Å²) in [5.41, 5.74) is 5.38. The van der Waals surface area contributed by atoms with Gasteiger partial charge in [0.25, 0.3) is 0 Å². The van der Waals surface area contributed by atoms with Gasteiger partial charge in [-0.2, -0.15) is 0 Å². The fourth-order valence-electron chi connectivity index (χ4n) is 2.08. The van der Waals surface area contributed by atoms with Gasteiger partial charge >= 0.3 is 0 Å². The van der Waals surface area contributed by atoms with Crippen LogP contribution in [0.25, 0.3) is 0 Å². The Morgan fingerprint density at radius 1 is 1.37 bits per heavy atom. The van der Waals surface area contributed by atoms with Gasteiger partial charge in [0.05, 0.1) is 21.7 Å². The molecule has 1 aliphatic rings. The van der Waals surface area contributed by atoms with E-state index in [0.717, 1.165) is 0 Å². The van der Waals surface area contributed by atoms with Crippen LogP contribution in [-0.4, -0.2) is 56.0 Å². The molecule has 0 unspecified atom stereocenters. The summed E-state index contributed by atoms with van der Waals surface area (Å²) in [5, 5.41) is -0.609. The van der Waals surface area contributed by atoms with Gasteiger partial charge < -0.3 is 5.73 Å². The fourth-order valence-corrected chi connectivity index (χ4v) is 5.92. The van der Waals surface area contributed by atoms with Gasteiger partial charge in [-0.1, -0.05) is 19.1 Å². The standard InChI is InChI=1S/C10H20N2O4S3/c1-2-12(6-3-10(11)17)19(15,16)9-4-7-18(13,14)8-5-9/h9H,2-8H2,1H3,(H2,11,17). The molecule has 1 rings (SSSR count). The average Bonchev–Trinajstić information content (AvgIpc) is 2.28. The highest BCUT2D eigenvalue weighted by Crippen LogP contribution is 2.22. The lowest BCUT2D eigenvalue weighted by Crippen LogP contribution is -2.43. The molecule has 0 aromatic rings. The van der Waals surface area contributed by atoms with E-state index in [-0.39, 0.29) is 35.9 Å². The number of nitrogens with two attached hydrogens (primary N) is 1. The van der Waals surface area contributed by atoms with E-state index in [9.17, 15) is 16.8 Å². The Bertz CT molecular complexity index is 513. The SMILES string of the molecule is CCN(CCC(N)=S)S(=O)(=O)C1CCS(=O)(=O)CC1. The summed E-state index contributed by atoms with van der Waals surface area (Å²) in [6.45, 7) is 2.35. The molecule has 1 aliphatic heterocycles. The number of sulfonamides is 1. The first kappa shape index (κ1) is 16.8. The molecule has 19 heavy (non-hydrogen) atoms. The van der Waals surface area contributed by atoms with Crippen molar-refractivity contribution < 1.29 is 16.8 Å². The Morgan fingerprint density at radius 3 is 2.32 bits per heavy atom. The van der Waals surface area contributed by atoms with Crippen LogP contribution in [0.4, 0.5) is 0 Å². The van der Waals surface area contributed by atoms with Gasteiger partial charge in [-0.15, -0.1) is 0 Å². The molecular weight excluding hydrogens is 308 g/mol. The lowest BCUT2D eigenvalue weighted by Gasteiger charge is -2.28. The van der Waals surface area contributed by atoms with Crippen LogP contribution in [0.5, 0.6) is 0 Å². The molecule has 9 heteroatoms. The minimum absolute atomic E-state index is 0.0518. The third kappa shape index (κ3) is 4.66. The van der Waals surface area contributed by atoms with Gasteiger partial charge in [0.1, 0.15) is 9.84 Å². The van der Waals surface area contributed by atoms with Crippen LogP contribution < -0.4 is 5.73 Å². The zero-order valence-corrected chi connectivity index (χ0v) is 13.4. The Hall–Kier alpha value is -0.250. The second kappa shape index (κ2) is 6.47. The molecule has 0 aromatic carbocycles. The third-order valence-corrected chi connectivity index (χ3v) is 7.64. The van der Waals surface area contributed by atoms with Crippen LogP contribution >= 0.6 is 12.2 Å². The molecule has 0 spiro atoms. The molecule has 112 valence electrons. The molecule has 0 saturated carbocycles. The molecule has 0 radical (unpaired) electrons. The van der Waals surface area contributed by atoms with E-state index in [0.29, 0.717) is 13.0 Å². The maximum absolute atomic E-state index is 12.4. The number of rotatable bonds is 6. The van der Waals surface area contributed by atoms with Gasteiger partial charge in [-0.3, -0.25) is 0 Å². The van der Waals surface area contributed by atoms with Crippen LogP contribution in [0, 0.1) is 0 Å². The van der Waals surface area contributed by atoms with Crippen molar-refractivity contribution in [3.05, 3.63) is 0 Å². The fraction of sp³-hybridized carbons (Fsp3) is 0.900. The van der Waals surface area contributed by atoms with Crippen LogP contribution in [0.15, 0.2) is 0 Å². The van der Waals surface area contributed by atoms with Gasteiger partial charge in [0.15, 0.2) is 0 Å². The summed E-state index contributed by atoms with van der Waals surface area (Å²) in [6, 6.07) is 0. The second-order valence-electron chi connectivity index (χ2n) is 4.60. The normalized spacial score (nSPS) is 20.5. The topological polar surface area (TPSA) is 97.5 Å². The first-order valence-electron chi connectivity index (χ1n) is 6.16. The summed E-state index contributed by atoms with van der Waals surface area (Å²) in [5.74, 6) is -0.104. The largest absolute Gasteiger partial charge is 0.393 e.